The fourth-order valence-corrected chi connectivity index (χ4v) is 10.9. The van der Waals surface area contributed by atoms with Crippen molar-refractivity contribution in [2.24, 2.45) is 23.7 Å². The Hall–Kier alpha value is -5.05. The number of anilines is 1. The number of likely N-dealkylation sites (tertiary alicyclic amines) is 1. The molecular weight excluding hydrogens is 987 g/mol. The molecule has 2 fully saturated rings. The van der Waals surface area contributed by atoms with Gasteiger partial charge in [-0.3, -0.25) is 29.1 Å². The molecule has 2 aliphatic heterocycles. The number of benzene rings is 2. The van der Waals surface area contributed by atoms with Crippen LogP contribution in [0.4, 0.5) is 10.5 Å². The number of carbonyl (C=O) groups is 5. The number of nitrogens with one attached hydrogen (secondary N) is 2. The van der Waals surface area contributed by atoms with E-state index in [2.05, 4.69) is 64.1 Å². The van der Waals surface area contributed by atoms with Crippen molar-refractivity contribution in [3.63, 3.8) is 0 Å². The van der Waals surface area contributed by atoms with Crippen LogP contribution in [0.2, 0.25) is 0 Å². The highest BCUT2D eigenvalue weighted by molar-refractivity contribution is 5.82. The van der Waals surface area contributed by atoms with E-state index < -0.39 is 54.7 Å². The van der Waals surface area contributed by atoms with Crippen molar-refractivity contribution in [3.05, 3.63) is 59.7 Å². The Labute approximate surface area is 459 Å². The van der Waals surface area contributed by atoms with Crippen LogP contribution >= 0.6 is 0 Å². The standard InChI is InChI=1S/C58H95N7O12/c1-16-38(7)52(63(12)33-44(36(3)4)61-56(68)51(37(5)6)62(10)11)48(71-13)32-49(66)65-30-22-25-45(65)53(72-14)39(8)55(67)60-40(9)54(42-23-19-18-20-24-42)75-35-64(17-2)58(70)74-34-41-28-29-46(43(59)31-41)76-50-27-21-26-47(77-50)57(69)73-15/h18-20,23-24,28-29,31,36-40,44-45,47-48,50-54H,16-17,21-22,25-27,30,32-35,59H2,1-15H3,(H,60,67)(H,61,68)/t38-,39+,40+,44+,45-,47+,48+,50-,51-,52-,53+,54+/m0/s1. The Kier molecular flexibility index (Phi) is 26.4. The number of esters is 1. The largest absolute Gasteiger partial charge is 0.467 e. The number of nitrogens with two attached hydrogens (primary N) is 1. The highest BCUT2D eigenvalue weighted by atomic mass is 16.7. The average Bonchev–Trinajstić information content (AvgIpc) is 3.89. The van der Waals surface area contributed by atoms with E-state index in [4.69, 9.17) is 38.9 Å². The normalized spacial score (nSPS) is 20.4. The van der Waals surface area contributed by atoms with Crippen LogP contribution in [0.3, 0.4) is 0 Å². The molecule has 4 amide bonds. The Morgan fingerprint density at radius 2 is 1.55 bits per heavy atom. The lowest BCUT2D eigenvalue weighted by atomic mass is 9.89. The van der Waals surface area contributed by atoms with Gasteiger partial charge in [-0.05, 0) is 102 Å². The van der Waals surface area contributed by atoms with Gasteiger partial charge in [0.05, 0.1) is 55.5 Å². The molecular formula is C58H95N7O12. The minimum absolute atomic E-state index is 0.00389. The van der Waals surface area contributed by atoms with Crippen molar-refractivity contribution in [3.8, 4) is 5.75 Å². The monoisotopic (exact) mass is 1080 g/mol. The molecule has 0 spiro atoms. The van der Waals surface area contributed by atoms with Crippen LogP contribution < -0.4 is 21.1 Å². The van der Waals surface area contributed by atoms with Crippen molar-refractivity contribution < 1.29 is 57.1 Å². The molecule has 434 valence electrons. The number of methoxy groups -OCH3 is 3. The molecule has 0 radical (unpaired) electrons. The van der Waals surface area contributed by atoms with E-state index in [-0.39, 0.29) is 85.9 Å². The summed E-state index contributed by atoms with van der Waals surface area (Å²) in [5.41, 5.74) is 8.08. The second-order valence-electron chi connectivity index (χ2n) is 21.9. The number of nitrogen functional groups attached to an aromatic ring is 1. The number of ether oxygens (including phenoxy) is 7. The van der Waals surface area contributed by atoms with E-state index in [1.54, 1.807) is 32.4 Å². The van der Waals surface area contributed by atoms with Crippen molar-refractivity contribution in [1.29, 1.82) is 0 Å². The van der Waals surface area contributed by atoms with Crippen molar-refractivity contribution >= 4 is 35.5 Å². The maximum absolute atomic E-state index is 14.5. The zero-order chi connectivity index (χ0) is 57.1. The molecule has 4 rings (SSSR count). The first kappa shape index (κ1) is 64.5. The van der Waals surface area contributed by atoms with E-state index in [0.717, 1.165) is 24.8 Å². The molecule has 2 saturated heterocycles. The van der Waals surface area contributed by atoms with Gasteiger partial charge in [0, 0.05) is 52.4 Å². The third-order valence-electron chi connectivity index (χ3n) is 15.4. The number of hydrogen-bond donors (Lipinski definition) is 3. The predicted octanol–water partition coefficient (Wildman–Crippen LogP) is 7.02. The van der Waals surface area contributed by atoms with Crippen LogP contribution in [0.25, 0.3) is 0 Å². The first-order valence-electron chi connectivity index (χ1n) is 27.8. The zero-order valence-electron chi connectivity index (χ0n) is 49.0. The summed E-state index contributed by atoms with van der Waals surface area (Å²) >= 11 is 0. The first-order valence-corrected chi connectivity index (χ1v) is 27.8. The maximum Gasteiger partial charge on any atom is 0.411 e. The van der Waals surface area contributed by atoms with Crippen molar-refractivity contribution in [2.45, 2.75) is 175 Å². The zero-order valence-corrected chi connectivity index (χ0v) is 49.0. The molecule has 12 atom stereocenters. The molecule has 0 saturated carbocycles. The van der Waals surface area contributed by atoms with Crippen LogP contribution in [0, 0.1) is 23.7 Å². The average molecular weight is 1080 g/mol. The fraction of sp³-hybridized carbons (Fsp3) is 0.707. The summed E-state index contributed by atoms with van der Waals surface area (Å²) in [4.78, 5) is 75.4. The number of amides is 4. The van der Waals surface area contributed by atoms with Gasteiger partial charge in [0.1, 0.15) is 25.2 Å². The van der Waals surface area contributed by atoms with Gasteiger partial charge < -0.3 is 54.4 Å². The highest BCUT2D eigenvalue weighted by Gasteiger charge is 2.43. The fourth-order valence-electron chi connectivity index (χ4n) is 10.9. The second kappa shape index (κ2) is 31.5. The van der Waals surface area contributed by atoms with E-state index >= 15 is 0 Å². The number of nitrogens with zero attached hydrogens (tertiary/aromatic N) is 4. The number of likely N-dealkylation sites (N-methyl/N-ethyl adjacent to an activating group) is 2. The molecule has 19 heteroatoms. The first-order chi connectivity index (χ1) is 36.6. The van der Waals surface area contributed by atoms with E-state index in [1.165, 1.54) is 12.0 Å². The van der Waals surface area contributed by atoms with E-state index in [0.29, 0.717) is 49.4 Å². The van der Waals surface area contributed by atoms with Gasteiger partial charge in [-0.1, -0.05) is 91.3 Å². The Morgan fingerprint density at radius 1 is 0.844 bits per heavy atom. The molecule has 2 aliphatic rings. The summed E-state index contributed by atoms with van der Waals surface area (Å²) in [6, 6.07) is 13.1. The van der Waals surface area contributed by atoms with Gasteiger partial charge in [0.2, 0.25) is 24.0 Å². The molecule has 2 heterocycles. The summed E-state index contributed by atoms with van der Waals surface area (Å²) in [5.74, 6) is -0.569. The van der Waals surface area contributed by atoms with Crippen molar-refractivity contribution in [1.82, 2.24) is 30.2 Å². The number of hydrogen-bond acceptors (Lipinski definition) is 15. The lowest BCUT2D eigenvalue weighted by molar-refractivity contribution is -0.183. The molecule has 0 aliphatic carbocycles. The van der Waals surface area contributed by atoms with Gasteiger partial charge in [-0.2, -0.15) is 0 Å². The Morgan fingerprint density at radius 3 is 2.13 bits per heavy atom. The van der Waals surface area contributed by atoms with Crippen LogP contribution in [-0.2, 0) is 54.2 Å². The summed E-state index contributed by atoms with van der Waals surface area (Å²) in [6.45, 7) is 19.4. The third kappa shape index (κ3) is 18.2. The molecule has 4 N–H and O–H groups in total. The SMILES string of the molecule is CC[C@H](C)[C@@H]([C@@H](CC(=O)N1CCC[C@H]1[C@H](OC)[C@@H](C)C(=O)N[C@H](C)[C@@H](OCN(CC)C(=O)OCc1ccc(O[C@@H]2CCC[C@H](C(=O)OC)O2)c(N)c1)c1ccccc1)OC)N(C)C[C@@H](NC(=O)[C@H](C(C)C)N(C)C)C(C)C. The minimum Gasteiger partial charge on any atom is -0.467 e. The minimum atomic E-state index is -0.700. The summed E-state index contributed by atoms with van der Waals surface area (Å²) in [5, 5.41) is 6.52. The van der Waals surface area contributed by atoms with Crippen molar-refractivity contribution in [2.75, 3.05) is 74.6 Å². The van der Waals surface area contributed by atoms with Gasteiger partial charge in [-0.25, -0.2) is 9.59 Å². The lowest BCUT2D eigenvalue weighted by Gasteiger charge is -2.41. The van der Waals surface area contributed by atoms with E-state index in [1.807, 2.05) is 75.0 Å². The molecule has 0 aromatic heterocycles. The molecule has 0 bridgehead atoms. The number of carbonyl (C=O) groups excluding carboxylic acids is 5. The van der Waals surface area contributed by atoms with Crippen LogP contribution in [0.15, 0.2) is 48.5 Å². The molecule has 2 aromatic rings. The van der Waals surface area contributed by atoms with Crippen LogP contribution in [0.5, 0.6) is 5.75 Å². The Bertz CT molecular complexity index is 2140. The van der Waals surface area contributed by atoms with Gasteiger partial charge in [0.15, 0.2) is 6.10 Å². The van der Waals surface area contributed by atoms with Crippen LogP contribution in [-0.4, -0.2) is 173 Å². The number of rotatable bonds is 30. The van der Waals surface area contributed by atoms with Crippen LogP contribution in [0.1, 0.15) is 124 Å². The summed E-state index contributed by atoms with van der Waals surface area (Å²) in [6.07, 6.45) is 0.639. The maximum atomic E-state index is 14.5. The molecule has 77 heavy (non-hydrogen) atoms. The summed E-state index contributed by atoms with van der Waals surface area (Å²) < 4.78 is 41.1. The molecule has 2 aromatic carbocycles. The second-order valence-corrected chi connectivity index (χ2v) is 21.9. The topological polar surface area (TPSA) is 213 Å². The van der Waals surface area contributed by atoms with Gasteiger partial charge in [0.25, 0.3) is 0 Å². The molecule has 0 unspecified atom stereocenters. The van der Waals surface area contributed by atoms with Gasteiger partial charge >= 0.3 is 12.1 Å². The lowest BCUT2D eigenvalue weighted by Crippen LogP contribution is -2.57. The van der Waals surface area contributed by atoms with E-state index in [9.17, 15) is 24.0 Å². The quantitative estimate of drug-likeness (QED) is 0.0408. The summed E-state index contributed by atoms with van der Waals surface area (Å²) in [7, 11) is 10.5. The Balaban J connectivity index is 1.40. The smallest absolute Gasteiger partial charge is 0.411 e. The predicted molar refractivity (Wildman–Crippen MR) is 296 cm³/mol. The molecule has 19 nitrogen and oxygen atoms in total. The third-order valence-corrected chi connectivity index (χ3v) is 15.4. The highest BCUT2D eigenvalue weighted by Crippen LogP contribution is 2.32. The van der Waals surface area contributed by atoms with Gasteiger partial charge in [-0.15, -0.1) is 0 Å².